The molecule has 3 aromatic carbocycles. The summed E-state index contributed by atoms with van der Waals surface area (Å²) in [5, 5.41) is 0.777. The number of rotatable bonds is 6. The highest BCUT2D eigenvalue weighted by atomic mass is 35.5. The third-order valence-electron chi connectivity index (χ3n) is 6.66. The van der Waals surface area contributed by atoms with E-state index in [2.05, 4.69) is 76.2 Å². The number of likely N-dealkylation sites (tertiary alicyclic amines) is 1. The van der Waals surface area contributed by atoms with Gasteiger partial charge in [-0.25, -0.2) is 4.98 Å². The van der Waals surface area contributed by atoms with Crippen molar-refractivity contribution in [3.8, 4) is 0 Å². The van der Waals surface area contributed by atoms with Gasteiger partial charge in [-0.05, 0) is 80.1 Å². The van der Waals surface area contributed by atoms with Crippen molar-refractivity contribution in [3.05, 3.63) is 101 Å². The number of benzene rings is 3. The van der Waals surface area contributed by atoms with Crippen LogP contribution in [-0.2, 0) is 19.5 Å². The van der Waals surface area contributed by atoms with Gasteiger partial charge in [-0.2, -0.15) is 0 Å². The Balaban J connectivity index is 1.32. The lowest BCUT2D eigenvalue weighted by molar-refractivity contribution is 0.263. The molecule has 1 atom stereocenters. The quantitative estimate of drug-likeness (QED) is 0.335. The zero-order chi connectivity index (χ0) is 21.8. The lowest BCUT2D eigenvalue weighted by Crippen LogP contribution is -2.26. The van der Waals surface area contributed by atoms with Crippen LogP contribution in [0.2, 0.25) is 5.02 Å². The lowest BCUT2D eigenvalue weighted by atomic mass is 9.93. The molecule has 2 heterocycles. The number of imidazole rings is 1. The molecule has 0 amide bonds. The summed E-state index contributed by atoms with van der Waals surface area (Å²) >= 11 is 6.10. The van der Waals surface area contributed by atoms with E-state index in [0.29, 0.717) is 0 Å². The molecule has 0 saturated carbocycles. The molecule has 0 radical (unpaired) electrons. The van der Waals surface area contributed by atoms with Gasteiger partial charge < -0.3 is 4.57 Å². The van der Waals surface area contributed by atoms with Gasteiger partial charge in [0, 0.05) is 11.6 Å². The molecular formula is C28H30ClN3. The van der Waals surface area contributed by atoms with Crippen LogP contribution in [0, 0.1) is 5.92 Å². The molecule has 3 nitrogen and oxygen atoms in total. The molecule has 32 heavy (non-hydrogen) atoms. The van der Waals surface area contributed by atoms with Crippen LogP contribution in [0.4, 0.5) is 0 Å². The van der Waals surface area contributed by atoms with Crippen molar-refractivity contribution in [3.63, 3.8) is 0 Å². The summed E-state index contributed by atoms with van der Waals surface area (Å²) in [7, 11) is 0. The van der Waals surface area contributed by atoms with Gasteiger partial charge in [0.2, 0.25) is 0 Å². The first-order valence-electron chi connectivity index (χ1n) is 11.7. The summed E-state index contributed by atoms with van der Waals surface area (Å²) in [6, 6.07) is 27.6. The molecule has 0 bridgehead atoms. The van der Waals surface area contributed by atoms with Gasteiger partial charge in [0.15, 0.2) is 0 Å². The van der Waals surface area contributed by atoms with E-state index in [1.165, 1.54) is 42.3 Å². The maximum atomic E-state index is 6.10. The van der Waals surface area contributed by atoms with Gasteiger partial charge in [0.05, 0.1) is 17.6 Å². The predicted molar refractivity (Wildman–Crippen MR) is 133 cm³/mol. The minimum absolute atomic E-state index is 0.773. The molecular weight excluding hydrogens is 414 g/mol. The summed E-state index contributed by atoms with van der Waals surface area (Å²) in [6.07, 6.45) is 5.03. The zero-order valence-corrected chi connectivity index (χ0v) is 19.2. The molecule has 1 aliphatic rings. The van der Waals surface area contributed by atoms with Gasteiger partial charge in [-0.3, -0.25) is 4.90 Å². The number of hydrogen-bond donors (Lipinski definition) is 0. The Bertz CT molecular complexity index is 1150. The Morgan fingerprint density at radius 3 is 2.41 bits per heavy atom. The van der Waals surface area contributed by atoms with Gasteiger partial charge in [-0.1, -0.05) is 66.2 Å². The van der Waals surface area contributed by atoms with E-state index in [1.807, 2.05) is 12.1 Å². The van der Waals surface area contributed by atoms with Crippen molar-refractivity contribution in [2.75, 3.05) is 13.1 Å². The predicted octanol–water partition coefficient (Wildman–Crippen LogP) is 6.58. The molecule has 4 aromatic rings. The first kappa shape index (κ1) is 21.2. The van der Waals surface area contributed by atoms with Crippen LogP contribution < -0.4 is 0 Å². The molecule has 1 aromatic heterocycles. The fourth-order valence-electron chi connectivity index (χ4n) is 4.93. The van der Waals surface area contributed by atoms with Crippen molar-refractivity contribution in [1.82, 2.24) is 14.5 Å². The topological polar surface area (TPSA) is 21.1 Å². The summed E-state index contributed by atoms with van der Waals surface area (Å²) in [5.74, 6) is 1.93. The molecule has 1 aliphatic heterocycles. The Labute approximate surface area is 195 Å². The Hall–Kier alpha value is -2.62. The van der Waals surface area contributed by atoms with Crippen LogP contribution in [-0.4, -0.2) is 27.5 Å². The summed E-state index contributed by atoms with van der Waals surface area (Å²) in [4.78, 5) is 7.63. The highest BCUT2D eigenvalue weighted by molar-refractivity contribution is 6.30. The molecule has 4 heteroatoms. The number of nitrogens with zero attached hydrogens (tertiary/aromatic N) is 3. The van der Waals surface area contributed by atoms with E-state index >= 15 is 0 Å². The molecule has 0 spiro atoms. The fraction of sp³-hybridized carbons (Fsp3) is 0.321. The Morgan fingerprint density at radius 1 is 0.781 bits per heavy atom. The van der Waals surface area contributed by atoms with Crippen LogP contribution in [0.15, 0.2) is 78.9 Å². The first-order valence-corrected chi connectivity index (χ1v) is 12.1. The second kappa shape index (κ2) is 9.89. The average Bonchev–Trinajstić information content (AvgIpc) is 2.99. The van der Waals surface area contributed by atoms with Crippen LogP contribution in [0.1, 0.15) is 36.2 Å². The highest BCUT2D eigenvalue weighted by Crippen LogP contribution is 2.25. The summed E-state index contributed by atoms with van der Waals surface area (Å²) in [5.41, 5.74) is 5.00. The van der Waals surface area contributed by atoms with E-state index in [0.717, 1.165) is 48.5 Å². The maximum absolute atomic E-state index is 6.10. The van der Waals surface area contributed by atoms with E-state index < -0.39 is 0 Å². The van der Waals surface area contributed by atoms with Gasteiger partial charge >= 0.3 is 0 Å². The largest absolute Gasteiger partial charge is 0.322 e. The highest BCUT2D eigenvalue weighted by Gasteiger charge is 2.20. The molecule has 1 fully saturated rings. The monoisotopic (exact) mass is 443 g/mol. The summed E-state index contributed by atoms with van der Waals surface area (Å²) in [6.45, 7) is 4.01. The van der Waals surface area contributed by atoms with E-state index in [4.69, 9.17) is 16.6 Å². The third-order valence-corrected chi connectivity index (χ3v) is 6.91. The second-order valence-electron chi connectivity index (χ2n) is 8.99. The first-order chi connectivity index (χ1) is 15.7. The van der Waals surface area contributed by atoms with Crippen LogP contribution in [0.25, 0.3) is 11.0 Å². The molecule has 1 unspecified atom stereocenters. The molecule has 5 rings (SSSR count). The number of fused-ring (bicyclic) bond motifs is 1. The zero-order valence-electron chi connectivity index (χ0n) is 18.5. The number of halogens is 1. The van der Waals surface area contributed by atoms with Crippen molar-refractivity contribution >= 4 is 22.6 Å². The molecule has 0 N–H and O–H groups in total. The van der Waals surface area contributed by atoms with Crippen molar-refractivity contribution in [2.45, 2.75) is 38.8 Å². The fourth-order valence-corrected chi connectivity index (χ4v) is 5.06. The smallest absolute Gasteiger partial charge is 0.124 e. The number of aromatic nitrogens is 2. The van der Waals surface area contributed by atoms with Gasteiger partial charge in [0.25, 0.3) is 0 Å². The Morgan fingerprint density at radius 2 is 1.56 bits per heavy atom. The van der Waals surface area contributed by atoms with E-state index in [9.17, 15) is 0 Å². The SMILES string of the molecule is Clc1ccc(Cn2c(CN3CCCC(Cc4ccccc4)CC3)nc3ccccc32)cc1. The standard InChI is InChI=1S/C28H30ClN3/c29-25-14-12-24(13-15-25)20-32-27-11-5-4-10-26(27)30-28(32)21-31-17-6-9-23(16-18-31)19-22-7-2-1-3-8-22/h1-5,7-8,10-15,23H,6,9,16-21H2. The molecule has 0 aliphatic carbocycles. The van der Waals surface area contributed by atoms with Crippen molar-refractivity contribution in [2.24, 2.45) is 5.92 Å². The van der Waals surface area contributed by atoms with Crippen LogP contribution in [0.5, 0.6) is 0 Å². The van der Waals surface area contributed by atoms with E-state index in [-0.39, 0.29) is 0 Å². The normalized spacial score (nSPS) is 17.5. The lowest BCUT2D eigenvalue weighted by Gasteiger charge is -2.21. The van der Waals surface area contributed by atoms with Crippen LogP contribution >= 0.6 is 11.6 Å². The minimum Gasteiger partial charge on any atom is -0.322 e. The number of hydrogen-bond acceptors (Lipinski definition) is 2. The van der Waals surface area contributed by atoms with Crippen molar-refractivity contribution < 1.29 is 0 Å². The summed E-state index contributed by atoms with van der Waals surface area (Å²) < 4.78 is 2.38. The minimum atomic E-state index is 0.773. The van der Waals surface area contributed by atoms with E-state index in [1.54, 1.807) is 0 Å². The molecule has 164 valence electrons. The third kappa shape index (κ3) is 5.06. The average molecular weight is 444 g/mol. The molecule has 1 saturated heterocycles. The van der Waals surface area contributed by atoms with Crippen molar-refractivity contribution in [1.29, 1.82) is 0 Å². The maximum Gasteiger partial charge on any atom is 0.124 e. The van der Waals surface area contributed by atoms with Crippen LogP contribution in [0.3, 0.4) is 0 Å². The van der Waals surface area contributed by atoms with Gasteiger partial charge in [-0.15, -0.1) is 0 Å². The van der Waals surface area contributed by atoms with Gasteiger partial charge in [0.1, 0.15) is 5.82 Å². The second-order valence-corrected chi connectivity index (χ2v) is 9.43. The number of para-hydroxylation sites is 2. The Kier molecular flexibility index (Phi) is 6.56.